The lowest BCUT2D eigenvalue weighted by atomic mass is 10.0. The fourth-order valence-electron chi connectivity index (χ4n) is 3.60. The summed E-state index contributed by atoms with van der Waals surface area (Å²) in [6.07, 6.45) is 23.3. The molecular weight excluding hydrogens is 360 g/mol. The van der Waals surface area contributed by atoms with E-state index < -0.39 is 0 Å². The van der Waals surface area contributed by atoms with E-state index in [1.807, 2.05) is 19.0 Å². The second kappa shape index (κ2) is 23.7. The summed E-state index contributed by atoms with van der Waals surface area (Å²) in [5, 5.41) is 2.91. The van der Waals surface area contributed by atoms with Gasteiger partial charge in [-0.2, -0.15) is 0 Å². The van der Waals surface area contributed by atoms with Gasteiger partial charge < -0.3 is 15.0 Å². The third-order valence-corrected chi connectivity index (χ3v) is 5.39. The molecule has 0 spiro atoms. The number of amides is 1. The molecule has 0 aromatic rings. The van der Waals surface area contributed by atoms with Gasteiger partial charge in [-0.3, -0.25) is 4.79 Å². The molecule has 174 valence electrons. The van der Waals surface area contributed by atoms with Gasteiger partial charge in [-0.05, 0) is 26.9 Å². The SMILES string of the molecule is CCCCCCCCCCCCCCCCCCOCCCNC(=O)CN(C)C. The van der Waals surface area contributed by atoms with Gasteiger partial charge in [-0.1, -0.05) is 103 Å². The highest BCUT2D eigenvalue weighted by Crippen LogP contribution is 2.13. The van der Waals surface area contributed by atoms with Gasteiger partial charge in [0.2, 0.25) is 5.91 Å². The quantitative estimate of drug-likeness (QED) is 0.199. The molecule has 0 radical (unpaired) electrons. The number of hydrogen-bond acceptors (Lipinski definition) is 3. The lowest BCUT2D eigenvalue weighted by Gasteiger charge is -2.10. The molecule has 4 heteroatoms. The Hall–Kier alpha value is -0.610. The lowest BCUT2D eigenvalue weighted by Crippen LogP contribution is -2.34. The molecule has 0 aliphatic heterocycles. The number of likely N-dealkylation sites (N-methyl/N-ethyl adjacent to an activating group) is 1. The molecule has 0 saturated heterocycles. The Bertz CT molecular complexity index is 335. The van der Waals surface area contributed by atoms with Gasteiger partial charge in [0.25, 0.3) is 0 Å². The molecule has 1 N–H and O–H groups in total. The molecule has 0 unspecified atom stereocenters. The zero-order valence-corrected chi connectivity index (χ0v) is 20.1. The fraction of sp³-hybridized carbons (Fsp3) is 0.960. The maximum absolute atomic E-state index is 11.5. The highest BCUT2D eigenvalue weighted by molar-refractivity contribution is 5.77. The first kappa shape index (κ1) is 28.4. The summed E-state index contributed by atoms with van der Waals surface area (Å²) in [6.45, 7) is 5.08. The Labute approximate surface area is 182 Å². The largest absolute Gasteiger partial charge is 0.381 e. The Balaban J connectivity index is 3.06. The van der Waals surface area contributed by atoms with Crippen LogP contribution in [0.3, 0.4) is 0 Å². The van der Waals surface area contributed by atoms with E-state index in [2.05, 4.69) is 12.2 Å². The van der Waals surface area contributed by atoms with Gasteiger partial charge in [0.1, 0.15) is 0 Å². The van der Waals surface area contributed by atoms with Crippen LogP contribution in [0.25, 0.3) is 0 Å². The second-order valence-corrected chi connectivity index (χ2v) is 8.86. The number of rotatable bonds is 23. The van der Waals surface area contributed by atoms with Crippen molar-refractivity contribution in [2.45, 2.75) is 116 Å². The molecule has 0 aliphatic carbocycles. The normalized spacial score (nSPS) is 11.3. The van der Waals surface area contributed by atoms with Crippen molar-refractivity contribution in [1.82, 2.24) is 10.2 Å². The smallest absolute Gasteiger partial charge is 0.234 e. The number of carbonyl (C=O) groups excluding carboxylic acids is 1. The van der Waals surface area contributed by atoms with Crippen molar-refractivity contribution in [3.05, 3.63) is 0 Å². The standard InChI is InChI=1S/C25H52N2O2/c1-4-5-6-7-8-9-10-11-12-13-14-15-16-17-18-19-22-29-23-20-21-26-25(28)24-27(2)3/h4-24H2,1-3H3,(H,26,28). The monoisotopic (exact) mass is 412 g/mol. The average molecular weight is 413 g/mol. The minimum atomic E-state index is 0.0906. The van der Waals surface area contributed by atoms with E-state index in [9.17, 15) is 4.79 Å². The van der Waals surface area contributed by atoms with E-state index in [0.29, 0.717) is 13.1 Å². The van der Waals surface area contributed by atoms with Gasteiger partial charge in [0.15, 0.2) is 0 Å². The van der Waals surface area contributed by atoms with Gasteiger partial charge >= 0.3 is 0 Å². The zero-order chi connectivity index (χ0) is 21.4. The van der Waals surface area contributed by atoms with Crippen LogP contribution >= 0.6 is 0 Å². The van der Waals surface area contributed by atoms with Crippen LogP contribution in [0.2, 0.25) is 0 Å². The van der Waals surface area contributed by atoms with E-state index in [-0.39, 0.29) is 5.91 Å². The number of ether oxygens (including phenoxy) is 1. The van der Waals surface area contributed by atoms with Crippen molar-refractivity contribution in [2.75, 3.05) is 40.4 Å². The molecule has 4 nitrogen and oxygen atoms in total. The third kappa shape index (κ3) is 25.4. The van der Waals surface area contributed by atoms with E-state index >= 15 is 0 Å². The highest BCUT2D eigenvalue weighted by atomic mass is 16.5. The molecule has 0 saturated carbocycles. The minimum Gasteiger partial charge on any atom is -0.381 e. The summed E-state index contributed by atoms with van der Waals surface area (Å²) in [5.74, 6) is 0.0906. The number of carbonyl (C=O) groups is 1. The van der Waals surface area contributed by atoms with E-state index in [0.717, 1.165) is 19.6 Å². The highest BCUT2D eigenvalue weighted by Gasteiger charge is 2.01. The Morgan fingerprint density at radius 3 is 1.52 bits per heavy atom. The van der Waals surface area contributed by atoms with Crippen molar-refractivity contribution in [2.24, 2.45) is 0 Å². The topological polar surface area (TPSA) is 41.6 Å². The third-order valence-electron chi connectivity index (χ3n) is 5.39. The molecule has 0 atom stereocenters. The van der Waals surface area contributed by atoms with Gasteiger partial charge in [0.05, 0.1) is 6.54 Å². The van der Waals surface area contributed by atoms with Crippen LogP contribution < -0.4 is 5.32 Å². The molecule has 1 amide bonds. The van der Waals surface area contributed by atoms with Crippen LogP contribution in [0.5, 0.6) is 0 Å². The van der Waals surface area contributed by atoms with Crippen molar-refractivity contribution in [3.63, 3.8) is 0 Å². The fourth-order valence-corrected chi connectivity index (χ4v) is 3.60. The zero-order valence-electron chi connectivity index (χ0n) is 20.1. The van der Waals surface area contributed by atoms with Crippen LogP contribution in [0.15, 0.2) is 0 Å². The summed E-state index contributed by atoms with van der Waals surface area (Å²) in [4.78, 5) is 13.3. The predicted octanol–water partition coefficient (Wildman–Crippen LogP) is 6.33. The van der Waals surface area contributed by atoms with Crippen LogP contribution in [0, 0.1) is 0 Å². The average Bonchev–Trinajstić information content (AvgIpc) is 2.68. The number of nitrogens with zero attached hydrogens (tertiary/aromatic N) is 1. The van der Waals surface area contributed by atoms with Crippen molar-refractivity contribution >= 4 is 5.91 Å². The van der Waals surface area contributed by atoms with E-state index in [4.69, 9.17) is 4.74 Å². The molecule has 0 rings (SSSR count). The van der Waals surface area contributed by atoms with Gasteiger partial charge in [-0.15, -0.1) is 0 Å². The maximum Gasteiger partial charge on any atom is 0.234 e. The summed E-state index contributed by atoms with van der Waals surface area (Å²) < 4.78 is 5.65. The van der Waals surface area contributed by atoms with E-state index in [1.165, 1.54) is 103 Å². The van der Waals surface area contributed by atoms with Crippen LogP contribution in [-0.4, -0.2) is 51.2 Å². The molecule has 0 heterocycles. The van der Waals surface area contributed by atoms with Crippen LogP contribution in [-0.2, 0) is 9.53 Å². The number of nitrogens with one attached hydrogen (secondary N) is 1. The lowest BCUT2D eigenvalue weighted by molar-refractivity contribution is -0.121. The maximum atomic E-state index is 11.5. The van der Waals surface area contributed by atoms with Crippen molar-refractivity contribution in [1.29, 1.82) is 0 Å². The summed E-state index contributed by atoms with van der Waals surface area (Å²) in [6, 6.07) is 0. The Morgan fingerprint density at radius 2 is 1.07 bits per heavy atom. The number of unbranched alkanes of at least 4 members (excludes halogenated alkanes) is 15. The minimum absolute atomic E-state index is 0.0906. The molecule has 0 bridgehead atoms. The Morgan fingerprint density at radius 1 is 0.655 bits per heavy atom. The second-order valence-electron chi connectivity index (χ2n) is 8.86. The molecule has 29 heavy (non-hydrogen) atoms. The summed E-state index contributed by atoms with van der Waals surface area (Å²) >= 11 is 0. The molecule has 0 fully saturated rings. The van der Waals surface area contributed by atoms with Gasteiger partial charge in [-0.25, -0.2) is 0 Å². The van der Waals surface area contributed by atoms with Crippen LogP contribution in [0.4, 0.5) is 0 Å². The van der Waals surface area contributed by atoms with Gasteiger partial charge in [0, 0.05) is 19.8 Å². The summed E-state index contributed by atoms with van der Waals surface area (Å²) in [5.41, 5.74) is 0. The molecule has 0 aromatic heterocycles. The first-order chi connectivity index (χ1) is 14.2. The predicted molar refractivity (Wildman–Crippen MR) is 127 cm³/mol. The molecule has 0 aliphatic rings. The van der Waals surface area contributed by atoms with Crippen LogP contribution in [0.1, 0.15) is 116 Å². The summed E-state index contributed by atoms with van der Waals surface area (Å²) in [7, 11) is 3.81. The van der Waals surface area contributed by atoms with E-state index in [1.54, 1.807) is 0 Å². The van der Waals surface area contributed by atoms with Crippen molar-refractivity contribution < 1.29 is 9.53 Å². The van der Waals surface area contributed by atoms with Crippen molar-refractivity contribution in [3.8, 4) is 0 Å². The first-order valence-corrected chi connectivity index (χ1v) is 12.7. The number of hydrogen-bond donors (Lipinski definition) is 1. The molecule has 0 aromatic carbocycles. The Kier molecular flexibility index (Phi) is 23.2. The first-order valence-electron chi connectivity index (χ1n) is 12.7. The molecular formula is C25H52N2O2.